The number of piperidine rings is 1. The summed E-state index contributed by atoms with van der Waals surface area (Å²) in [5.41, 5.74) is 1.22. The van der Waals surface area contributed by atoms with Gasteiger partial charge in [0.25, 0.3) is 11.8 Å². The first-order chi connectivity index (χ1) is 13.6. The fourth-order valence-electron chi connectivity index (χ4n) is 3.72. The number of rotatable bonds is 3. The lowest BCUT2D eigenvalue weighted by Crippen LogP contribution is -2.46. The van der Waals surface area contributed by atoms with Crippen LogP contribution in [-0.4, -0.2) is 35.8 Å². The van der Waals surface area contributed by atoms with Gasteiger partial charge in [0, 0.05) is 24.7 Å². The van der Waals surface area contributed by atoms with Crippen molar-refractivity contribution < 1.29 is 9.59 Å². The van der Waals surface area contributed by atoms with Crippen molar-refractivity contribution in [2.45, 2.75) is 18.9 Å². The minimum atomic E-state index is -0.163. The van der Waals surface area contributed by atoms with Crippen LogP contribution in [0.4, 0.5) is 0 Å². The van der Waals surface area contributed by atoms with E-state index in [2.05, 4.69) is 5.32 Å². The molecule has 0 bridgehead atoms. The van der Waals surface area contributed by atoms with E-state index in [4.69, 9.17) is 11.6 Å². The van der Waals surface area contributed by atoms with E-state index in [9.17, 15) is 9.59 Å². The second-order valence-corrected chi connectivity index (χ2v) is 7.45. The van der Waals surface area contributed by atoms with E-state index in [1.165, 1.54) is 0 Å². The summed E-state index contributed by atoms with van der Waals surface area (Å²) >= 11 is 6.10. The lowest BCUT2D eigenvalue weighted by Gasteiger charge is -2.32. The predicted molar refractivity (Wildman–Crippen MR) is 112 cm³/mol. The first-order valence-corrected chi connectivity index (χ1v) is 9.84. The molecule has 0 unspecified atom stereocenters. The molecule has 3 aromatic carbocycles. The van der Waals surface area contributed by atoms with Crippen LogP contribution in [-0.2, 0) is 0 Å². The van der Waals surface area contributed by atoms with E-state index in [-0.39, 0.29) is 17.9 Å². The van der Waals surface area contributed by atoms with Crippen molar-refractivity contribution in [3.63, 3.8) is 0 Å². The maximum atomic E-state index is 13.0. The van der Waals surface area contributed by atoms with Gasteiger partial charge in [-0.05, 0) is 41.8 Å². The van der Waals surface area contributed by atoms with Crippen LogP contribution in [0.5, 0.6) is 0 Å². The predicted octanol–water partition coefficient (Wildman–Crippen LogP) is 4.53. The molecule has 5 heteroatoms. The molecule has 3 aromatic rings. The molecule has 1 aliphatic rings. The number of hydrogen-bond donors (Lipinski definition) is 1. The Kier molecular flexibility index (Phi) is 5.31. The third-order valence-electron chi connectivity index (χ3n) is 5.26. The van der Waals surface area contributed by atoms with Crippen LogP contribution >= 0.6 is 11.6 Å². The molecular formula is C23H21ClN2O2. The fraction of sp³-hybridized carbons (Fsp3) is 0.217. The minimum absolute atomic E-state index is 0.0420. The molecule has 0 spiro atoms. The molecule has 0 atom stereocenters. The van der Waals surface area contributed by atoms with Gasteiger partial charge in [0.2, 0.25) is 0 Å². The summed E-state index contributed by atoms with van der Waals surface area (Å²) in [6.45, 7) is 1.24. The summed E-state index contributed by atoms with van der Waals surface area (Å²) < 4.78 is 0. The van der Waals surface area contributed by atoms with Gasteiger partial charge in [-0.1, -0.05) is 60.1 Å². The average Bonchev–Trinajstić information content (AvgIpc) is 2.73. The van der Waals surface area contributed by atoms with E-state index in [0.717, 1.165) is 29.2 Å². The topological polar surface area (TPSA) is 49.4 Å². The normalized spacial score (nSPS) is 14.8. The zero-order chi connectivity index (χ0) is 19.5. The summed E-state index contributed by atoms with van der Waals surface area (Å²) in [5.74, 6) is -0.114. The van der Waals surface area contributed by atoms with Crippen molar-refractivity contribution in [2.24, 2.45) is 0 Å². The Morgan fingerprint density at radius 1 is 0.857 bits per heavy atom. The van der Waals surface area contributed by atoms with Crippen molar-refractivity contribution >= 4 is 34.2 Å². The smallest absolute Gasteiger partial charge is 0.254 e. The molecule has 4 rings (SSSR count). The Morgan fingerprint density at radius 2 is 1.50 bits per heavy atom. The number of amides is 2. The van der Waals surface area contributed by atoms with Crippen molar-refractivity contribution in [3.05, 3.63) is 82.9 Å². The van der Waals surface area contributed by atoms with Gasteiger partial charge in [-0.25, -0.2) is 0 Å². The second-order valence-electron chi connectivity index (χ2n) is 7.05. The molecule has 28 heavy (non-hydrogen) atoms. The maximum Gasteiger partial charge on any atom is 0.254 e. The fourth-order valence-corrected chi connectivity index (χ4v) is 3.94. The summed E-state index contributed by atoms with van der Waals surface area (Å²) in [6.07, 6.45) is 1.46. The Balaban J connectivity index is 1.41. The van der Waals surface area contributed by atoms with Crippen molar-refractivity contribution in [3.8, 4) is 0 Å². The van der Waals surface area contributed by atoms with E-state index in [1.54, 1.807) is 24.3 Å². The number of hydrogen-bond acceptors (Lipinski definition) is 2. The summed E-state index contributed by atoms with van der Waals surface area (Å²) in [7, 11) is 0. The van der Waals surface area contributed by atoms with Gasteiger partial charge in [-0.15, -0.1) is 0 Å². The summed E-state index contributed by atoms with van der Waals surface area (Å²) in [5, 5.41) is 5.53. The van der Waals surface area contributed by atoms with Crippen LogP contribution in [0.2, 0.25) is 5.02 Å². The number of benzene rings is 3. The lowest BCUT2D eigenvalue weighted by molar-refractivity contribution is 0.0700. The molecule has 1 saturated heterocycles. The number of nitrogens with zero attached hydrogens (tertiary/aromatic N) is 1. The highest BCUT2D eigenvalue weighted by molar-refractivity contribution is 6.33. The Hall–Kier alpha value is -2.85. The molecule has 1 aliphatic heterocycles. The molecule has 2 amide bonds. The monoisotopic (exact) mass is 392 g/mol. The zero-order valence-corrected chi connectivity index (χ0v) is 16.2. The van der Waals surface area contributed by atoms with Crippen LogP contribution in [0.25, 0.3) is 10.8 Å². The van der Waals surface area contributed by atoms with Crippen LogP contribution in [0, 0.1) is 0 Å². The Morgan fingerprint density at radius 3 is 2.29 bits per heavy atom. The lowest BCUT2D eigenvalue weighted by atomic mass is 10.0. The third kappa shape index (κ3) is 3.73. The average molecular weight is 393 g/mol. The molecule has 1 N–H and O–H groups in total. The quantitative estimate of drug-likeness (QED) is 0.712. The van der Waals surface area contributed by atoms with E-state index in [1.807, 2.05) is 47.4 Å². The van der Waals surface area contributed by atoms with Gasteiger partial charge in [0.05, 0.1) is 10.6 Å². The molecule has 1 heterocycles. The number of carbonyl (C=O) groups is 2. The Labute approximate surface area is 169 Å². The zero-order valence-electron chi connectivity index (χ0n) is 15.4. The van der Waals surface area contributed by atoms with E-state index < -0.39 is 0 Å². The van der Waals surface area contributed by atoms with Crippen molar-refractivity contribution in [1.29, 1.82) is 0 Å². The largest absolute Gasteiger partial charge is 0.349 e. The first-order valence-electron chi connectivity index (χ1n) is 9.46. The molecule has 4 nitrogen and oxygen atoms in total. The number of carbonyl (C=O) groups excluding carboxylic acids is 2. The first kappa shape index (κ1) is 18.5. The molecule has 0 radical (unpaired) electrons. The summed E-state index contributed by atoms with van der Waals surface area (Å²) in [4.78, 5) is 27.3. The highest BCUT2D eigenvalue weighted by atomic mass is 35.5. The van der Waals surface area contributed by atoms with E-state index >= 15 is 0 Å². The highest BCUT2D eigenvalue weighted by Crippen LogP contribution is 2.22. The molecule has 142 valence electrons. The number of halogens is 1. The molecule has 0 aliphatic carbocycles. The van der Waals surface area contributed by atoms with Crippen LogP contribution < -0.4 is 5.32 Å². The second kappa shape index (κ2) is 8.03. The van der Waals surface area contributed by atoms with Gasteiger partial charge < -0.3 is 10.2 Å². The highest BCUT2D eigenvalue weighted by Gasteiger charge is 2.26. The molecule has 1 fully saturated rings. The van der Waals surface area contributed by atoms with Gasteiger partial charge in [-0.2, -0.15) is 0 Å². The molecular weight excluding hydrogens is 372 g/mol. The number of likely N-dealkylation sites (tertiary alicyclic amines) is 1. The van der Waals surface area contributed by atoms with Crippen molar-refractivity contribution in [2.75, 3.05) is 13.1 Å². The van der Waals surface area contributed by atoms with Crippen LogP contribution in [0.1, 0.15) is 33.6 Å². The standard InChI is InChI=1S/C23H21ClN2O2/c24-21-11-4-3-9-20(21)22(27)25-17-12-14-26(15-13-17)23(28)19-10-5-7-16-6-1-2-8-18(16)19/h1-11,17H,12-15H2,(H,25,27). The van der Waals surface area contributed by atoms with Gasteiger partial charge in [0.15, 0.2) is 0 Å². The Bertz CT molecular complexity index is 1020. The van der Waals surface area contributed by atoms with Crippen LogP contribution in [0.3, 0.4) is 0 Å². The van der Waals surface area contributed by atoms with Crippen LogP contribution in [0.15, 0.2) is 66.7 Å². The van der Waals surface area contributed by atoms with Gasteiger partial charge >= 0.3 is 0 Å². The SMILES string of the molecule is O=C(NC1CCN(C(=O)c2cccc3ccccc23)CC1)c1ccccc1Cl. The van der Waals surface area contributed by atoms with Gasteiger partial charge in [-0.3, -0.25) is 9.59 Å². The third-order valence-corrected chi connectivity index (χ3v) is 5.59. The minimum Gasteiger partial charge on any atom is -0.349 e. The molecule has 0 saturated carbocycles. The molecule has 0 aromatic heterocycles. The van der Waals surface area contributed by atoms with E-state index in [0.29, 0.717) is 23.7 Å². The summed E-state index contributed by atoms with van der Waals surface area (Å²) in [6, 6.07) is 20.8. The maximum absolute atomic E-state index is 13.0. The number of nitrogens with one attached hydrogen (secondary N) is 1. The van der Waals surface area contributed by atoms with Crippen molar-refractivity contribution in [1.82, 2.24) is 10.2 Å². The van der Waals surface area contributed by atoms with Gasteiger partial charge in [0.1, 0.15) is 0 Å². The number of fused-ring (bicyclic) bond motifs is 1.